The molecule has 1 aromatic heterocycles. The van der Waals surface area contributed by atoms with Crippen LogP contribution in [0.1, 0.15) is 13.8 Å². The quantitative estimate of drug-likeness (QED) is 0.447. The van der Waals surface area contributed by atoms with Crippen LogP contribution in [0.4, 0.5) is 0 Å². The highest BCUT2D eigenvalue weighted by molar-refractivity contribution is 9.12. The molecule has 0 amide bonds. The Bertz CT molecular complexity index is 350. The summed E-state index contributed by atoms with van der Waals surface area (Å²) < 4.78 is 6.32. The van der Waals surface area contributed by atoms with E-state index in [0.717, 1.165) is 8.68 Å². The molecule has 0 spiro atoms. The van der Waals surface area contributed by atoms with Crippen molar-refractivity contribution in [2.24, 2.45) is 0 Å². The van der Waals surface area contributed by atoms with Gasteiger partial charge >= 0.3 is 5.97 Å². The molecule has 0 N–H and O–H groups in total. The van der Waals surface area contributed by atoms with Crippen molar-refractivity contribution in [2.75, 3.05) is 6.61 Å². The van der Waals surface area contributed by atoms with Gasteiger partial charge in [-0.1, -0.05) is 27.7 Å². The van der Waals surface area contributed by atoms with Crippen LogP contribution in [0.25, 0.3) is 0 Å². The molecule has 2 nitrogen and oxygen atoms in total. The molecule has 15 heavy (non-hydrogen) atoms. The molecule has 0 bridgehead atoms. The number of halogens is 2. The average Bonchev–Trinajstić information content (AvgIpc) is 2.52. The highest BCUT2D eigenvalue weighted by Crippen LogP contribution is 2.44. The average molecular weight is 374 g/mol. The van der Waals surface area contributed by atoms with E-state index in [2.05, 4.69) is 31.9 Å². The highest BCUT2D eigenvalue weighted by atomic mass is 79.9. The van der Waals surface area contributed by atoms with Gasteiger partial charge in [-0.3, -0.25) is 0 Å². The zero-order chi connectivity index (χ0) is 11.5. The minimum absolute atomic E-state index is 0.254. The number of rotatable bonds is 4. The Morgan fingerprint density at radius 2 is 2.40 bits per heavy atom. The van der Waals surface area contributed by atoms with Crippen molar-refractivity contribution in [1.29, 1.82) is 0 Å². The summed E-state index contributed by atoms with van der Waals surface area (Å²) >= 11 is 9.83. The van der Waals surface area contributed by atoms with Crippen LogP contribution < -0.4 is 0 Å². The van der Waals surface area contributed by atoms with E-state index >= 15 is 0 Å². The van der Waals surface area contributed by atoms with Gasteiger partial charge in [-0.25, -0.2) is 4.79 Å². The predicted molar refractivity (Wildman–Crippen MR) is 71.8 cm³/mol. The fourth-order valence-corrected chi connectivity index (χ4v) is 4.60. The van der Waals surface area contributed by atoms with Gasteiger partial charge in [0.2, 0.25) is 0 Å². The Balaban J connectivity index is 2.72. The van der Waals surface area contributed by atoms with Crippen molar-refractivity contribution in [2.45, 2.75) is 21.7 Å². The van der Waals surface area contributed by atoms with E-state index in [-0.39, 0.29) is 5.97 Å². The molecule has 1 rings (SSSR count). The molecule has 6 heteroatoms. The first-order valence-corrected chi connectivity index (χ1v) is 7.53. The van der Waals surface area contributed by atoms with Gasteiger partial charge in [0.25, 0.3) is 0 Å². The third-order valence-corrected chi connectivity index (χ3v) is 5.70. The monoisotopic (exact) mass is 372 g/mol. The third kappa shape index (κ3) is 3.76. The largest absolute Gasteiger partial charge is 0.464 e. The molecule has 1 aromatic rings. The van der Waals surface area contributed by atoms with Crippen LogP contribution in [0.5, 0.6) is 0 Å². The second-order valence-electron chi connectivity index (χ2n) is 2.80. The standard InChI is InChI=1S/C9H10Br2O2S2/c1-3-13-8(12)9(2,11)15-7-6(10)4-5-14-7/h4-5H,3H2,1-2H3. The van der Waals surface area contributed by atoms with Crippen LogP contribution >= 0.6 is 55.0 Å². The number of carbonyl (C=O) groups excluding carboxylic acids is 1. The maximum atomic E-state index is 11.6. The summed E-state index contributed by atoms with van der Waals surface area (Å²) in [7, 11) is 0. The summed E-state index contributed by atoms with van der Waals surface area (Å²) in [6.07, 6.45) is 0. The molecule has 0 saturated carbocycles. The molecule has 0 aliphatic heterocycles. The number of ether oxygens (including phenoxy) is 1. The Morgan fingerprint density at radius 1 is 1.73 bits per heavy atom. The number of hydrogen-bond donors (Lipinski definition) is 0. The summed E-state index contributed by atoms with van der Waals surface area (Å²) in [5.41, 5.74) is 0. The van der Waals surface area contributed by atoms with E-state index < -0.39 is 3.66 Å². The maximum absolute atomic E-state index is 11.6. The Labute approximate surface area is 114 Å². The maximum Gasteiger partial charge on any atom is 0.333 e. The lowest BCUT2D eigenvalue weighted by Gasteiger charge is -2.18. The van der Waals surface area contributed by atoms with Gasteiger partial charge in [0.15, 0.2) is 3.66 Å². The summed E-state index contributed by atoms with van der Waals surface area (Å²) in [5, 5.41) is 1.97. The third-order valence-electron chi connectivity index (χ3n) is 1.51. The van der Waals surface area contributed by atoms with E-state index in [1.54, 1.807) is 25.2 Å². The van der Waals surface area contributed by atoms with Gasteiger partial charge < -0.3 is 4.74 Å². The number of thioether (sulfide) groups is 1. The first-order valence-electron chi connectivity index (χ1n) is 4.25. The molecule has 0 aliphatic rings. The van der Waals surface area contributed by atoms with Gasteiger partial charge in [0.05, 0.1) is 10.8 Å². The van der Waals surface area contributed by atoms with Gasteiger partial charge in [-0.15, -0.1) is 11.3 Å². The van der Waals surface area contributed by atoms with Crippen molar-refractivity contribution in [3.8, 4) is 0 Å². The molecule has 0 aliphatic carbocycles. The Hall–Kier alpha value is 0.480. The topological polar surface area (TPSA) is 26.3 Å². The van der Waals surface area contributed by atoms with E-state index in [4.69, 9.17) is 4.74 Å². The molecular formula is C9H10Br2O2S2. The van der Waals surface area contributed by atoms with E-state index in [1.807, 2.05) is 11.4 Å². The fraction of sp³-hybridized carbons (Fsp3) is 0.444. The van der Waals surface area contributed by atoms with Crippen LogP contribution in [0, 0.1) is 0 Å². The molecule has 0 radical (unpaired) electrons. The van der Waals surface area contributed by atoms with Crippen LogP contribution in [-0.4, -0.2) is 16.2 Å². The van der Waals surface area contributed by atoms with Crippen molar-refractivity contribution >= 4 is 60.9 Å². The van der Waals surface area contributed by atoms with Crippen LogP contribution in [0.2, 0.25) is 0 Å². The van der Waals surface area contributed by atoms with Gasteiger partial charge in [-0.2, -0.15) is 0 Å². The zero-order valence-electron chi connectivity index (χ0n) is 8.25. The van der Waals surface area contributed by atoms with Crippen molar-refractivity contribution in [3.63, 3.8) is 0 Å². The van der Waals surface area contributed by atoms with Crippen molar-refractivity contribution in [1.82, 2.24) is 0 Å². The van der Waals surface area contributed by atoms with E-state index in [9.17, 15) is 4.79 Å². The summed E-state index contributed by atoms with van der Waals surface area (Å²) in [6.45, 7) is 3.99. The minimum Gasteiger partial charge on any atom is -0.464 e. The zero-order valence-corrected chi connectivity index (χ0v) is 13.1. The van der Waals surface area contributed by atoms with E-state index in [1.165, 1.54) is 11.8 Å². The second-order valence-corrected chi connectivity index (χ2v) is 8.36. The number of esters is 1. The van der Waals surface area contributed by atoms with Gasteiger partial charge in [0, 0.05) is 4.47 Å². The first-order chi connectivity index (χ1) is 6.97. The molecule has 0 fully saturated rings. The fourth-order valence-electron chi connectivity index (χ4n) is 0.828. The highest BCUT2D eigenvalue weighted by Gasteiger charge is 2.33. The predicted octanol–water partition coefficient (Wildman–Crippen LogP) is 4.28. The summed E-state index contributed by atoms with van der Waals surface area (Å²) in [4.78, 5) is 11.6. The Morgan fingerprint density at radius 3 is 2.87 bits per heavy atom. The van der Waals surface area contributed by atoms with Gasteiger partial charge in [0.1, 0.15) is 0 Å². The molecule has 1 heterocycles. The van der Waals surface area contributed by atoms with Gasteiger partial charge in [-0.05, 0) is 41.2 Å². The molecular weight excluding hydrogens is 364 g/mol. The Kier molecular flexibility index (Phi) is 5.15. The lowest BCUT2D eigenvalue weighted by atomic mass is 10.5. The molecule has 1 unspecified atom stereocenters. The van der Waals surface area contributed by atoms with Crippen molar-refractivity contribution < 1.29 is 9.53 Å². The summed E-state index contributed by atoms with van der Waals surface area (Å²) in [6, 6.07) is 1.96. The summed E-state index contributed by atoms with van der Waals surface area (Å²) in [5.74, 6) is -0.254. The first kappa shape index (κ1) is 13.5. The number of alkyl halides is 1. The number of hydrogen-bond acceptors (Lipinski definition) is 4. The lowest BCUT2D eigenvalue weighted by molar-refractivity contribution is -0.142. The van der Waals surface area contributed by atoms with E-state index in [0.29, 0.717) is 6.61 Å². The number of thiophene rings is 1. The number of carbonyl (C=O) groups is 1. The normalized spacial score (nSPS) is 14.7. The minimum atomic E-state index is -0.726. The molecule has 84 valence electrons. The molecule has 1 atom stereocenters. The lowest BCUT2D eigenvalue weighted by Crippen LogP contribution is -2.26. The van der Waals surface area contributed by atoms with Crippen molar-refractivity contribution in [3.05, 3.63) is 15.9 Å². The van der Waals surface area contributed by atoms with Crippen LogP contribution in [-0.2, 0) is 9.53 Å². The van der Waals surface area contributed by atoms with Crippen LogP contribution in [0.15, 0.2) is 20.1 Å². The smallest absolute Gasteiger partial charge is 0.333 e. The molecule has 0 saturated heterocycles. The van der Waals surface area contributed by atoms with Crippen LogP contribution in [0.3, 0.4) is 0 Å². The second kappa shape index (κ2) is 5.70. The molecule has 0 aromatic carbocycles. The SMILES string of the molecule is CCOC(=O)C(C)(Br)Sc1sccc1Br.